The van der Waals surface area contributed by atoms with Crippen LogP contribution < -0.4 is 11.1 Å². The molecule has 0 aliphatic carbocycles. The van der Waals surface area contributed by atoms with Gasteiger partial charge in [0.05, 0.1) is 34.9 Å². The molecule has 114 valence electrons. The maximum atomic E-state index is 12.3. The van der Waals surface area contributed by atoms with E-state index in [1.54, 1.807) is 14.0 Å². The van der Waals surface area contributed by atoms with Gasteiger partial charge in [-0.15, -0.1) is 0 Å². The molecule has 2 unspecified atom stereocenters. The fourth-order valence-corrected chi connectivity index (χ4v) is 2.35. The van der Waals surface area contributed by atoms with Gasteiger partial charge in [-0.3, -0.25) is 9.69 Å². The van der Waals surface area contributed by atoms with Crippen molar-refractivity contribution in [2.45, 2.75) is 32.4 Å². The lowest BCUT2D eigenvalue weighted by atomic mass is 10.1. The summed E-state index contributed by atoms with van der Waals surface area (Å²) < 4.78 is 0. The average Bonchev–Trinajstić information content (AvgIpc) is 2.41. The van der Waals surface area contributed by atoms with E-state index in [4.69, 9.17) is 34.2 Å². The van der Waals surface area contributed by atoms with E-state index in [9.17, 15) is 4.79 Å². The van der Waals surface area contributed by atoms with Crippen LogP contribution in [-0.2, 0) is 4.79 Å². The van der Waals surface area contributed by atoms with Crippen molar-refractivity contribution in [1.29, 1.82) is 5.26 Å². The number of halogens is 2. The molecule has 1 aromatic rings. The maximum absolute atomic E-state index is 12.3. The Kier molecular flexibility index (Phi) is 6.28. The van der Waals surface area contributed by atoms with Crippen molar-refractivity contribution in [2.24, 2.45) is 0 Å². The summed E-state index contributed by atoms with van der Waals surface area (Å²) in [4.78, 5) is 14.1. The molecule has 0 aliphatic heterocycles. The van der Waals surface area contributed by atoms with Gasteiger partial charge in [-0.1, -0.05) is 23.2 Å². The maximum Gasteiger partial charge on any atom is 0.241 e. The van der Waals surface area contributed by atoms with Crippen molar-refractivity contribution in [2.75, 3.05) is 18.1 Å². The molecule has 0 saturated heterocycles. The van der Waals surface area contributed by atoms with E-state index in [1.807, 2.05) is 11.8 Å². The zero-order valence-electron chi connectivity index (χ0n) is 12.2. The lowest BCUT2D eigenvalue weighted by Gasteiger charge is -2.28. The van der Waals surface area contributed by atoms with Gasteiger partial charge < -0.3 is 11.1 Å². The van der Waals surface area contributed by atoms with Crippen LogP contribution in [0.2, 0.25) is 10.0 Å². The number of nitrogen functional groups attached to an aromatic ring is 1. The number of benzene rings is 1. The third kappa shape index (κ3) is 4.50. The number of nitrogens with one attached hydrogen (secondary N) is 1. The molecule has 21 heavy (non-hydrogen) atoms. The molecule has 5 nitrogen and oxygen atoms in total. The van der Waals surface area contributed by atoms with E-state index in [0.29, 0.717) is 22.8 Å². The molecule has 2 atom stereocenters. The summed E-state index contributed by atoms with van der Waals surface area (Å²) in [6.45, 7) is 3.64. The minimum absolute atomic E-state index is 0.0335. The Labute approximate surface area is 134 Å². The van der Waals surface area contributed by atoms with Crippen molar-refractivity contribution in [3.8, 4) is 6.07 Å². The van der Waals surface area contributed by atoms with Gasteiger partial charge in [0.1, 0.15) is 0 Å². The van der Waals surface area contributed by atoms with Crippen molar-refractivity contribution >= 4 is 40.5 Å². The topological polar surface area (TPSA) is 82.2 Å². The predicted molar refractivity (Wildman–Crippen MR) is 86.4 cm³/mol. The number of amides is 1. The van der Waals surface area contributed by atoms with E-state index < -0.39 is 6.04 Å². The fourth-order valence-electron chi connectivity index (χ4n) is 1.80. The molecular weight excluding hydrogens is 311 g/mol. The molecule has 0 spiro atoms. The van der Waals surface area contributed by atoms with Gasteiger partial charge in [0.25, 0.3) is 0 Å². The zero-order chi connectivity index (χ0) is 16.2. The highest BCUT2D eigenvalue weighted by Gasteiger charge is 2.23. The third-order valence-corrected chi connectivity index (χ3v) is 3.92. The first-order valence-electron chi connectivity index (χ1n) is 6.42. The second-order valence-electron chi connectivity index (χ2n) is 4.89. The molecule has 0 radical (unpaired) electrons. The van der Waals surface area contributed by atoms with Crippen LogP contribution in [0.1, 0.15) is 20.3 Å². The van der Waals surface area contributed by atoms with Gasteiger partial charge >= 0.3 is 0 Å². The van der Waals surface area contributed by atoms with E-state index in [2.05, 4.69) is 11.4 Å². The first kappa shape index (κ1) is 17.6. The van der Waals surface area contributed by atoms with E-state index in [-0.39, 0.29) is 17.0 Å². The number of anilines is 2. The minimum Gasteiger partial charge on any atom is -0.397 e. The Morgan fingerprint density at radius 1 is 1.48 bits per heavy atom. The number of carbonyl (C=O) groups excluding carboxylic acids is 1. The molecular formula is C14H18Cl2N4O. The molecule has 0 bridgehead atoms. The second-order valence-corrected chi connectivity index (χ2v) is 5.74. The Balaban J connectivity index is 2.84. The summed E-state index contributed by atoms with van der Waals surface area (Å²) in [5.41, 5.74) is 6.47. The van der Waals surface area contributed by atoms with Crippen molar-refractivity contribution in [3.63, 3.8) is 0 Å². The van der Waals surface area contributed by atoms with Gasteiger partial charge in [-0.05, 0) is 33.0 Å². The highest BCUT2D eigenvalue weighted by molar-refractivity contribution is 6.37. The Morgan fingerprint density at radius 3 is 2.62 bits per heavy atom. The van der Waals surface area contributed by atoms with E-state index in [1.165, 1.54) is 12.1 Å². The van der Waals surface area contributed by atoms with Gasteiger partial charge in [0.2, 0.25) is 5.91 Å². The second kappa shape index (κ2) is 7.51. The lowest BCUT2D eigenvalue weighted by Crippen LogP contribution is -2.44. The smallest absolute Gasteiger partial charge is 0.241 e. The first-order valence-corrected chi connectivity index (χ1v) is 7.17. The SMILES string of the molecule is CC(CC#N)N(C)C(C)C(=O)Nc1c(N)cc(Cl)cc1Cl. The number of likely N-dealkylation sites (N-methyl/N-ethyl adjacent to an activating group) is 1. The van der Waals surface area contributed by atoms with Crippen LogP contribution in [-0.4, -0.2) is 29.9 Å². The molecule has 0 fully saturated rings. The van der Waals surface area contributed by atoms with Gasteiger partial charge in [0.15, 0.2) is 0 Å². The van der Waals surface area contributed by atoms with Crippen LogP contribution in [0.15, 0.2) is 12.1 Å². The standard InChI is InChI=1S/C14H18Cl2N4O/c1-8(4-5-17)20(3)9(2)14(21)19-13-11(16)6-10(15)7-12(13)18/h6-9H,4,18H2,1-3H3,(H,19,21). The quantitative estimate of drug-likeness (QED) is 0.813. The van der Waals surface area contributed by atoms with Crippen molar-refractivity contribution < 1.29 is 4.79 Å². The molecule has 3 N–H and O–H groups in total. The molecule has 0 saturated carbocycles. The highest BCUT2D eigenvalue weighted by atomic mass is 35.5. The molecule has 0 aliphatic rings. The van der Waals surface area contributed by atoms with Crippen LogP contribution in [0.25, 0.3) is 0 Å². The molecule has 7 heteroatoms. The molecule has 1 amide bonds. The number of rotatable bonds is 5. The highest BCUT2D eigenvalue weighted by Crippen LogP contribution is 2.32. The largest absolute Gasteiger partial charge is 0.397 e. The summed E-state index contributed by atoms with van der Waals surface area (Å²) >= 11 is 11.9. The normalized spacial score (nSPS) is 13.6. The minimum atomic E-state index is -0.431. The van der Waals surface area contributed by atoms with Crippen molar-refractivity contribution in [3.05, 3.63) is 22.2 Å². The average molecular weight is 329 g/mol. The summed E-state index contributed by atoms with van der Waals surface area (Å²) in [6, 6.07) is 4.66. The first-order chi connectivity index (χ1) is 9.77. The Bertz CT molecular complexity index is 548. The molecule has 0 heterocycles. The molecule has 0 aromatic heterocycles. The number of hydrogen-bond acceptors (Lipinski definition) is 4. The predicted octanol–water partition coefficient (Wildman–Crippen LogP) is 3.14. The number of nitrogens with two attached hydrogens (primary N) is 1. The molecule has 1 aromatic carbocycles. The Hall–Kier alpha value is -1.48. The van der Waals surface area contributed by atoms with Crippen LogP contribution >= 0.6 is 23.2 Å². The summed E-state index contributed by atoms with van der Waals surface area (Å²) in [5.74, 6) is -0.252. The zero-order valence-corrected chi connectivity index (χ0v) is 13.7. The van der Waals surface area contributed by atoms with E-state index in [0.717, 1.165) is 0 Å². The van der Waals surface area contributed by atoms with Crippen LogP contribution in [0.4, 0.5) is 11.4 Å². The number of nitrogens with zero attached hydrogens (tertiary/aromatic N) is 2. The van der Waals surface area contributed by atoms with E-state index >= 15 is 0 Å². The van der Waals surface area contributed by atoms with Crippen LogP contribution in [0, 0.1) is 11.3 Å². The fraction of sp³-hybridized carbons (Fsp3) is 0.429. The lowest BCUT2D eigenvalue weighted by molar-refractivity contribution is -0.120. The Morgan fingerprint density at radius 2 is 2.10 bits per heavy atom. The number of nitriles is 1. The van der Waals surface area contributed by atoms with Gasteiger partial charge in [0, 0.05) is 11.1 Å². The number of carbonyl (C=O) groups is 1. The van der Waals surface area contributed by atoms with Gasteiger partial charge in [-0.25, -0.2) is 0 Å². The summed E-state index contributed by atoms with van der Waals surface area (Å²) in [7, 11) is 1.79. The van der Waals surface area contributed by atoms with Crippen molar-refractivity contribution in [1.82, 2.24) is 4.90 Å². The van der Waals surface area contributed by atoms with Crippen LogP contribution in [0.3, 0.4) is 0 Å². The van der Waals surface area contributed by atoms with Gasteiger partial charge in [-0.2, -0.15) is 5.26 Å². The summed E-state index contributed by atoms with van der Waals surface area (Å²) in [6.07, 6.45) is 0.345. The number of hydrogen-bond donors (Lipinski definition) is 2. The van der Waals surface area contributed by atoms with Crippen LogP contribution in [0.5, 0.6) is 0 Å². The summed E-state index contributed by atoms with van der Waals surface area (Å²) in [5, 5.41) is 12.1. The monoisotopic (exact) mass is 328 g/mol. The molecule has 1 rings (SSSR count). The third-order valence-electron chi connectivity index (χ3n) is 3.41.